The van der Waals surface area contributed by atoms with Crippen molar-refractivity contribution in [1.29, 1.82) is 0 Å². The second kappa shape index (κ2) is 7.10. The molecule has 0 unspecified atom stereocenters. The Morgan fingerprint density at radius 2 is 1.96 bits per heavy atom. The number of benzene rings is 1. The van der Waals surface area contributed by atoms with Gasteiger partial charge in [0.15, 0.2) is 0 Å². The van der Waals surface area contributed by atoms with Crippen LogP contribution in [0.5, 0.6) is 0 Å². The number of carbonyl (C=O) groups excluding carboxylic acids is 1. The molecule has 0 bridgehead atoms. The molecule has 0 radical (unpaired) electrons. The van der Waals surface area contributed by atoms with Gasteiger partial charge in [-0.2, -0.15) is 0 Å². The summed E-state index contributed by atoms with van der Waals surface area (Å²) in [5.74, 6) is -1.88. The summed E-state index contributed by atoms with van der Waals surface area (Å²) in [4.78, 5) is 35.5. The third-order valence-corrected chi connectivity index (χ3v) is 4.72. The molecule has 1 amide bonds. The van der Waals surface area contributed by atoms with E-state index in [4.69, 9.17) is 12.2 Å². The van der Waals surface area contributed by atoms with Crippen molar-refractivity contribution in [3.63, 3.8) is 0 Å². The van der Waals surface area contributed by atoms with Crippen LogP contribution in [0.25, 0.3) is 6.08 Å². The first-order valence-corrected chi connectivity index (χ1v) is 8.19. The first kappa shape index (κ1) is 18.1. The normalized spacial score (nSPS) is 17.6. The maximum absolute atomic E-state index is 12.5. The molecular formula is C15H14N2O5S2. The predicted molar refractivity (Wildman–Crippen MR) is 94.4 cm³/mol. The number of nitro groups is 1. The van der Waals surface area contributed by atoms with Crippen molar-refractivity contribution >= 4 is 51.9 Å². The van der Waals surface area contributed by atoms with Crippen molar-refractivity contribution in [2.24, 2.45) is 5.92 Å². The maximum atomic E-state index is 12.5. The number of carbonyl (C=O) groups is 2. The average molecular weight is 366 g/mol. The number of aliphatic carboxylic acids is 1. The second-order valence-corrected chi connectivity index (χ2v) is 7.10. The number of non-ortho nitro benzene ring substituents is 1. The number of carboxylic acid groups (broad SMARTS) is 1. The van der Waals surface area contributed by atoms with Crippen molar-refractivity contribution in [1.82, 2.24) is 4.90 Å². The van der Waals surface area contributed by atoms with Gasteiger partial charge in [-0.15, -0.1) is 0 Å². The molecular weight excluding hydrogens is 352 g/mol. The molecule has 1 aromatic carbocycles. The van der Waals surface area contributed by atoms with Crippen LogP contribution in [-0.2, 0) is 9.59 Å². The minimum absolute atomic E-state index is 0.0505. The lowest BCUT2D eigenvalue weighted by Gasteiger charge is -2.26. The van der Waals surface area contributed by atoms with Gasteiger partial charge < -0.3 is 5.11 Å². The van der Waals surface area contributed by atoms with Crippen LogP contribution in [0.15, 0.2) is 29.2 Å². The molecule has 1 atom stereocenters. The molecule has 1 heterocycles. The third-order valence-electron chi connectivity index (χ3n) is 3.39. The van der Waals surface area contributed by atoms with Gasteiger partial charge in [0.05, 0.1) is 9.83 Å². The molecule has 1 saturated heterocycles. The number of carboxylic acids is 1. The highest BCUT2D eigenvalue weighted by Gasteiger charge is 2.41. The molecule has 0 spiro atoms. The van der Waals surface area contributed by atoms with E-state index in [0.717, 1.165) is 16.7 Å². The number of nitro benzene ring substituents is 1. The summed E-state index contributed by atoms with van der Waals surface area (Å²) in [6.07, 6.45) is 1.54. The Morgan fingerprint density at radius 1 is 1.38 bits per heavy atom. The van der Waals surface area contributed by atoms with Gasteiger partial charge in [0.2, 0.25) is 0 Å². The summed E-state index contributed by atoms with van der Waals surface area (Å²) in [6, 6.07) is 4.67. The predicted octanol–water partition coefficient (Wildman–Crippen LogP) is 2.91. The van der Waals surface area contributed by atoms with E-state index in [9.17, 15) is 24.8 Å². The second-order valence-electron chi connectivity index (χ2n) is 5.43. The standard InChI is InChI=1S/C15H14N2O5S2/c1-8(2)12(14(19)20)16-13(18)11(24-15(16)23)7-9-3-5-10(6-4-9)17(21)22/h3-8,12H,1-2H3,(H,19,20)/b11-7-/t12-/m1/s1. The van der Waals surface area contributed by atoms with Gasteiger partial charge in [-0.3, -0.25) is 19.8 Å². The number of amides is 1. The van der Waals surface area contributed by atoms with Crippen LogP contribution in [0, 0.1) is 16.0 Å². The lowest BCUT2D eigenvalue weighted by molar-refractivity contribution is -0.384. The summed E-state index contributed by atoms with van der Waals surface area (Å²) in [5, 5.41) is 20.0. The molecule has 9 heteroatoms. The average Bonchev–Trinajstić information content (AvgIpc) is 2.75. The maximum Gasteiger partial charge on any atom is 0.327 e. The van der Waals surface area contributed by atoms with E-state index in [0.29, 0.717) is 10.5 Å². The summed E-state index contributed by atoms with van der Waals surface area (Å²) >= 11 is 6.18. The third kappa shape index (κ3) is 3.62. The number of thioether (sulfide) groups is 1. The Kier molecular flexibility index (Phi) is 5.35. The molecule has 1 aliphatic heterocycles. The summed E-state index contributed by atoms with van der Waals surface area (Å²) < 4.78 is 0.189. The van der Waals surface area contributed by atoms with E-state index in [1.165, 1.54) is 24.3 Å². The Balaban J connectivity index is 2.30. The molecule has 2 rings (SSSR count). The summed E-state index contributed by atoms with van der Waals surface area (Å²) in [6.45, 7) is 3.41. The number of hydrogen-bond acceptors (Lipinski definition) is 6. The molecule has 1 fully saturated rings. The van der Waals surface area contributed by atoms with E-state index < -0.39 is 22.8 Å². The van der Waals surface area contributed by atoms with Crippen molar-refractivity contribution < 1.29 is 19.6 Å². The van der Waals surface area contributed by atoms with E-state index in [1.807, 2.05) is 0 Å². The minimum Gasteiger partial charge on any atom is -0.480 e. The lowest BCUT2D eigenvalue weighted by Crippen LogP contribution is -2.47. The quantitative estimate of drug-likeness (QED) is 0.370. The minimum atomic E-state index is -1.11. The monoisotopic (exact) mass is 366 g/mol. The smallest absolute Gasteiger partial charge is 0.327 e. The van der Waals surface area contributed by atoms with Crippen molar-refractivity contribution in [2.45, 2.75) is 19.9 Å². The zero-order valence-electron chi connectivity index (χ0n) is 12.8. The van der Waals surface area contributed by atoms with E-state index >= 15 is 0 Å². The van der Waals surface area contributed by atoms with Crippen LogP contribution in [0.3, 0.4) is 0 Å². The van der Waals surface area contributed by atoms with Crippen LogP contribution >= 0.6 is 24.0 Å². The highest BCUT2D eigenvalue weighted by molar-refractivity contribution is 8.26. The zero-order chi connectivity index (χ0) is 18.0. The van der Waals surface area contributed by atoms with Gasteiger partial charge in [0.25, 0.3) is 11.6 Å². The Morgan fingerprint density at radius 3 is 2.42 bits per heavy atom. The van der Waals surface area contributed by atoms with E-state index in [2.05, 4.69) is 0 Å². The van der Waals surface area contributed by atoms with Gasteiger partial charge in [0.1, 0.15) is 10.4 Å². The van der Waals surface area contributed by atoms with Gasteiger partial charge >= 0.3 is 5.97 Å². The van der Waals surface area contributed by atoms with Gasteiger partial charge in [-0.05, 0) is 29.7 Å². The number of hydrogen-bond donors (Lipinski definition) is 1. The highest BCUT2D eigenvalue weighted by Crippen LogP contribution is 2.35. The Labute approximate surface area is 147 Å². The van der Waals surface area contributed by atoms with Crippen LogP contribution in [0.2, 0.25) is 0 Å². The van der Waals surface area contributed by atoms with E-state index in [1.54, 1.807) is 19.9 Å². The first-order valence-electron chi connectivity index (χ1n) is 6.96. The summed E-state index contributed by atoms with van der Waals surface area (Å²) in [5.41, 5.74) is 0.544. The zero-order valence-corrected chi connectivity index (χ0v) is 14.5. The Bertz CT molecular complexity index is 743. The van der Waals surface area contributed by atoms with Crippen LogP contribution in [-0.4, -0.2) is 37.2 Å². The molecule has 24 heavy (non-hydrogen) atoms. The molecule has 0 aromatic heterocycles. The van der Waals surface area contributed by atoms with Crippen molar-refractivity contribution in [3.05, 3.63) is 44.8 Å². The van der Waals surface area contributed by atoms with Gasteiger partial charge in [-0.1, -0.05) is 37.8 Å². The van der Waals surface area contributed by atoms with Gasteiger partial charge in [0, 0.05) is 12.1 Å². The highest BCUT2D eigenvalue weighted by atomic mass is 32.2. The van der Waals surface area contributed by atoms with Crippen LogP contribution < -0.4 is 0 Å². The summed E-state index contributed by atoms with van der Waals surface area (Å²) in [7, 11) is 0. The molecule has 0 saturated carbocycles. The van der Waals surface area contributed by atoms with Crippen molar-refractivity contribution in [3.8, 4) is 0 Å². The van der Waals surface area contributed by atoms with Crippen LogP contribution in [0.1, 0.15) is 19.4 Å². The largest absolute Gasteiger partial charge is 0.480 e. The number of nitrogens with zero attached hydrogens (tertiary/aromatic N) is 2. The fourth-order valence-electron chi connectivity index (χ4n) is 2.26. The Hall–Kier alpha value is -2.26. The number of thiocarbonyl (C=S) groups is 1. The topological polar surface area (TPSA) is 101 Å². The molecule has 7 nitrogen and oxygen atoms in total. The van der Waals surface area contributed by atoms with Gasteiger partial charge in [-0.25, -0.2) is 4.79 Å². The molecule has 0 aliphatic carbocycles. The molecule has 1 aromatic rings. The SMILES string of the molecule is CC(C)[C@H](C(=O)O)N1C(=O)/C(=C/c2ccc([N+](=O)[O-])cc2)SC1=S. The molecule has 1 aliphatic rings. The molecule has 1 N–H and O–H groups in total. The first-order chi connectivity index (χ1) is 11.2. The molecule has 126 valence electrons. The van der Waals surface area contributed by atoms with E-state index in [-0.39, 0.29) is 15.9 Å². The van der Waals surface area contributed by atoms with Crippen molar-refractivity contribution in [2.75, 3.05) is 0 Å². The fourth-order valence-corrected chi connectivity index (χ4v) is 3.59. The fraction of sp³-hybridized carbons (Fsp3) is 0.267. The van der Waals surface area contributed by atoms with Crippen LogP contribution in [0.4, 0.5) is 5.69 Å². The number of rotatable bonds is 5. The lowest BCUT2D eigenvalue weighted by atomic mass is 10.0.